The van der Waals surface area contributed by atoms with Gasteiger partial charge in [0.2, 0.25) is 0 Å². The summed E-state index contributed by atoms with van der Waals surface area (Å²) in [5, 5.41) is 0. The van der Waals surface area contributed by atoms with Crippen LogP contribution in [0.15, 0.2) is 29.4 Å². The van der Waals surface area contributed by atoms with Gasteiger partial charge < -0.3 is 0 Å². The van der Waals surface area contributed by atoms with Crippen LogP contribution < -0.4 is 0 Å². The van der Waals surface area contributed by atoms with Crippen LogP contribution in [0.2, 0.25) is 0 Å². The molecule has 1 rings (SSSR count). The van der Waals surface area contributed by atoms with E-state index in [0.717, 1.165) is 11.8 Å². The van der Waals surface area contributed by atoms with E-state index in [2.05, 4.69) is 31.8 Å². The van der Waals surface area contributed by atoms with Crippen molar-refractivity contribution in [2.45, 2.75) is 51.3 Å². The molecule has 0 aliphatic carbocycles. The maximum Gasteiger partial charge on any atom is 0.0403 e. The molecule has 1 atom stereocenters. The van der Waals surface area contributed by atoms with Crippen LogP contribution in [0.25, 0.3) is 0 Å². The minimum absolute atomic E-state index is 0.854. The summed E-state index contributed by atoms with van der Waals surface area (Å²) in [4.78, 5) is 5.42. The van der Waals surface area contributed by atoms with E-state index >= 15 is 0 Å². The van der Waals surface area contributed by atoms with Crippen LogP contribution in [0.1, 0.15) is 46.5 Å². The van der Waals surface area contributed by atoms with E-state index in [-0.39, 0.29) is 0 Å². The molecule has 96 valence electrons. The van der Waals surface area contributed by atoms with Gasteiger partial charge in [-0.2, -0.15) is 0 Å². The Morgan fingerprint density at radius 2 is 2.00 bits per heavy atom. The number of rotatable bonds is 8. The first kappa shape index (κ1) is 14.6. The molecule has 1 unspecified atom stereocenters. The Balaban J connectivity index is 2.06. The smallest absolute Gasteiger partial charge is 0.0403 e. The van der Waals surface area contributed by atoms with Gasteiger partial charge in [0, 0.05) is 17.3 Å². The summed E-state index contributed by atoms with van der Waals surface area (Å²) in [6, 6.07) is 4.15. The molecule has 17 heavy (non-hydrogen) atoms. The lowest BCUT2D eigenvalue weighted by Crippen LogP contribution is -1.98. The average molecular weight is 251 g/mol. The van der Waals surface area contributed by atoms with Crippen LogP contribution in [0.5, 0.6) is 0 Å². The average Bonchev–Trinajstić information content (AvgIpc) is 2.30. The Hall–Kier alpha value is -0.500. The van der Waals surface area contributed by atoms with Crippen LogP contribution in [-0.4, -0.2) is 10.7 Å². The van der Waals surface area contributed by atoms with E-state index in [9.17, 15) is 0 Å². The molecule has 0 amide bonds. The maximum atomic E-state index is 4.13. The van der Waals surface area contributed by atoms with Crippen LogP contribution in [0, 0.1) is 11.8 Å². The van der Waals surface area contributed by atoms with Crippen molar-refractivity contribution in [3.63, 3.8) is 0 Å². The van der Waals surface area contributed by atoms with Gasteiger partial charge in [0.25, 0.3) is 0 Å². The van der Waals surface area contributed by atoms with Crippen molar-refractivity contribution in [3.8, 4) is 0 Å². The van der Waals surface area contributed by atoms with E-state index < -0.39 is 0 Å². The highest BCUT2D eigenvalue weighted by molar-refractivity contribution is 7.99. The summed E-state index contributed by atoms with van der Waals surface area (Å²) < 4.78 is 0. The molecular weight excluding hydrogens is 226 g/mol. The normalized spacial score (nSPS) is 12.9. The monoisotopic (exact) mass is 251 g/mol. The van der Waals surface area contributed by atoms with E-state index in [1.54, 1.807) is 0 Å². The van der Waals surface area contributed by atoms with Crippen LogP contribution in [-0.2, 0) is 0 Å². The number of thioether (sulfide) groups is 1. The molecule has 2 heteroatoms. The molecule has 0 fully saturated rings. The summed E-state index contributed by atoms with van der Waals surface area (Å²) >= 11 is 1.93. The molecule has 1 heterocycles. The van der Waals surface area contributed by atoms with Gasteiger partial charge in [-0.1, -0.05) is 40.0 Å². The van der Waals surface area contributed by atoms with Gasteiger partial charge in [-0.15, -0.1) is 11.8 Å². The molecule has 1 nitrogen and oxygen atoms in total. The number of nitrogens with zero attached hydrogens (tertiary/aromatic N) is 1. The fourth-order valence-electron chi connectivity index (χ4n) is 1.83. The van der Waals surface area contributed by atoms with Crippen LogP contribution >= 0.6 is 11.8 Å². The lowest BCUT2D eigenvalue weighted by molar-refractivity contribution is 0.451. The summed E-state index contributed by atoms with van der Waals surface area (Å²) in [5.41, 5.74) is 0. The Labute approximate surface area is 110 Å². The molecule has 0 spiro atoms. The van der Waals surface area contributed by atoms with Crippen molar-refractivity contribution in [3.05, 3.63) is 24.5 Å². The topological polar surface area (TPSA) is 12.9 Å². The highest BCUT2D eigenvalue weighted by atomic mass is 32.2. The number of pyridine rings is 1. The second-order valence-corrected chi connectivity index (χ2v) is 6.42. The third-order valence-electron chi connectivity index (χ3n) is 2.99. The van der Waals surface area contributed by atoms with E-state index in [4.69, 9.17) is 0 Å². The highest BCUT2D eigenvalue weighted by Gasteiger charge is 2.03. The molecule has 0 N–H and O–H groups in total. The summed E-state index contributed by atoms with van der Waals surface area (Å²) in [6.07, 6.45) is 9.24. The van der Waals surface area contributed by atoms with Crippen molar-refractivity contribution in [1.82, 2.24) is 4.98 Å². The van der Waals surface area contributed by atoms with Gasteiger partial charge >= 0.3 is 0 Å². The molecule has 0 radical (unpaired) electrons. The Bertz CT molecular complexity index is 284. The van der Waals surface area contributed by atoms with Crippen molar-refractivity contribution < 1.29 is 0 Å². The predicted octanol–water partition coefficient (Wildman–Crippen LogP) is 5.03. The van der Waals surface area contributed by atoms with Gasteiger partial charge in [0.15, 0.2) is 0 Å². The molecule has 0 saturated carbocycles. The molecule has 1 aromatic heterocycles. The Kier molecular flexibility index (Phi) is 7.34. The van der Waals surface area contributed by atoms with E-state index in [0.29, 0.717) is 0 Å². The molecular formula is C15H25NS. The van der Waals surface area contributed by atoms with Crippen LogP contribution in [0.3, 0.4) is 0 Å². The first-order valence-corrected chi connectivity index (χ1v) is 7.70. The lowest BCUT2D eigenvalue weighted by atomic mass is 9.98. The summed E-state index contributed by atoms with van der Waals surface area (Å²) in [5.74, 6) is 2.93. The standard InChI is InChI=1S/C15H25NS/c1-13(2)6-4-7-14(3)9-11-17-15-8-5-10-16-12-15/h5,8,10,12-14H,4,6-7,9,11H2,1-3H3. The van der Waals surface area contributed by atoms with Crippen molar-refractivity contribution in [2.75, 3.05) is 5.75 Å². The Morgan fingerprint density at radius 3 is 2.65 bits per heavy atom. The van der Waals surface area contributed by atoms with Gasteiger partial charge in [-0.3, -0.25) is 4.98 Å². The highest BCUT2D eigenvalue weighted by Crippen LogP contribution is 2.21. The molecule has 0 saturated heterocycles. The number of hydrogen-bond acceptors (Lipinski definition) is 2. The minimum atomic E-state index is 0.854. The predicted molar refractivity (Wildman–Crippen MR) is 77.4 cm³/mol. The zero-order valence-corrected chi connectivity index (χ0v) is 12.2. The van der Waals surface area contributed by atoms with Gasteiger partial charge in [-0.05, 0) is 36.1 Å². The maximum absolute atomic E-state index is 4.13. The van der Waals surface area contributed by atoms with Crippen molar-refractivity contribution in [2.24, 2.45) is 11.8 Å². The van der Waals surface area contributed by atoms with Crippen molar-refractivity contribution in [1.29, 1.82) is 0 Å². The SMILES string of the molecule is CC(C)CCCC(C)CCSc1cccnc1. The number of aromatic nitrogens is 1. The molecule has 0 aromatic carbocycles. The minimum Gasteiger partial charge on any atom is -0.264 e. The van der Waals surface area contributed by atoms with Crippen molar-refractivity contribution >= 4 is 11.8 Å². The second-order valence-electron chi connectivity index (χ2n) is 5.26. The molecule has 0 aliphatic heterocycles. The van der Waals surface area contributed by atoms with E-state index in [1.165, 1.54) is 36.3 Å². The zero-order valence-electron chi connectivity index (χ0n) is 11.4. The van der Waals surface area contributed by atoms with Gasteiger partial charge in [-0.25, -0.2) is 0 Å². The largest absolute Gasteiger partial charge is 0.264 e. The first-order chi connectivity index (χ1) is 8.18. The van der Waals surface area contributed by atoms with Crippen LogP contribution in [0.4, 0.5) is 0 Å². The fourth-order valence-corrected chi connectivity index (χ4v) is 2.90. The number of hydrogen-bond donors (Lipinski definition) is 0. The molecule has 1 aromatic rings. The second kappa shape index (κ2) is 8.57. The molecule has 0 aliphatic rings. The van der Waals surface area contributed by atoms with E-state index in [1.807, 2.05) is 30.2 Å². The zero-order chi connectivity index (χ0) is 12.5. The third-order valence-corrected chi connectivity index (χ3v) is 4.01. The lowest BCUT2D eigenvalue weighted by Gasteiger charge is -2.11. The first-order valence-electron chi connectivity index (χ1n) is 6.71. The summed E-state index contributed by atoms with van der Waals surface area (Å²) in [6.45, 7) is 7.00. The third kappa shape index (κ3) is 7.43. The molecule has 0 bridgehead atoms. The quantitative estimate of drug-likeness (QED) is 0.601. The Morgan fingerprint density at radius 1 is 1.18 bits per heavy atom. The van der Waals surface area contributed by atoms with Gasteiger partial charge in [0.05, 0.1) is 0 Å². The fraction of sp³-hybridized carbons (Fsp3) is 0.667. The van der Waals surface area contributed by atoms with Gasteiger partial charge in [0.1, 0.15) is 0 Å². The summed E-state index contributed by atoms with van der Waals surface area (Å²) in [7, 11) is 0.